The Morgan fingerprint density at radius 2 is 1.78 bits per heavy atom. The Morgan fingerprint density at radius 1 is 1.07 bits per heavy atom. The molecule has 3 rings (SSSR count). The fraction of sp³-hybridized carbons (Fsp3) is 0.111. The smallest absolute Gasteiger partial charge is 0.240 e. The van der Waals surface area contributed by atoms with Crippen LogP contribution in [0.2, 0.25) is 5.02 Å². The molecule has 0 aliphatic carbocycles. The standard InChI is InChI=1S/C18H16ClN3O3S2/c19-14-8-6-13(7-9-14)16-12-26-18(21-16)22-17(23)10-11-20-27(24,25)15-4-2-1-3-5-15/h1-9,12,20H,10-11H2,(H,21,22,23). The third-order valence-corrected chi connectivity index (χ3v) is 6.07. The van der Waals surface area contributed by atoms with Gasteiger partial charge in [-0.25, -0.2) is 18.1 Å². The fourth-order valence-electron chi connectivity index (χ4n) is 2.25. The average molecular weight is 422 g/mol. The van der Waals surface area contributed by atoms with Crippen molar-refractivity contribution in [2.24, 2.45) is 0 Å². The number of amides is 1. The van der Waals surface area contributed by atoms with Gasteiger partial charge >= 0.3 is 0 Å². The zero-order valence-corrected chi connectivity index (χ0v) is 16.4. The molecule has 2 N–H and O–H groups in total. The van der Waals surface area contributed by atoms with Crippen LogP contribution in [0.3, 0.4) is 0 Å². The molecule has 140 valence electrons. The van der Waals surface area contributed by atoms with Crippen LogP contribution in [-0.2, 0) is 14.8 Å². The maximum absolute atomic E-state index is 12.1. The third kappa shape index (κ3) is 5.36. The first-order chi connectivity index (χ1) is 12.9. The van der Waals surface area contributed by atoms with Crippen molar-refractivity contribution in [1.82, 2.24) is 9.71 Å². The zero-order chi connectivity index (χ0) is 19.3. The molecule has 0 saturated heterocycles. The molecule has 6 nitrogen and oxygen atoms in total. The van der Waals surface area contributed by atoms with E-state index in [2.05, 4.69) is 15.0 Å². The molecule has 0 radical (unpaired) electrons. The third-order valence-electron chi connectivity index (χ3n) is 3.59. The van der Waals surface area contributed by atoms with Gasteiger partial charge in [-0.2, -0.15) is 0 Å². The number of anilines is 1. The van der Waals surface area contributed by atoms with Crippen LogP contribution in [0.15, 0.2) is 64.9 Å². The van der Waals surface area contributed by atoms with Crippen molar-refractivity contribution in [1.29, 1.82) is 0 Å². The summed E-state index contributed by atoms with van der Waals surface area (Å²) in [4.78, 5) is 16.6. The molecule has 9 heteroatoms. The van der Waals surface area contributed by atoms with Gasteiger partial charge in [-0.15, -0.1) is 11.3 Å². The minimum absolute atomic E-state index is 0.00151. The Morgan fingerprint density at radius 3 is 2.48 bits per heavy atom. The van der Waals surface area contributed by atoms with E-state index in [4.69, 9.17) is 11.6 Å². The lowest BCUT2D eigenvalue weighted by Gasteiger charge is -2.06. The highest BCUT2D eigenvalue weighted by Gasteiger charge is 2.14. The van der Waals surface area contributed by atoms with Crippen molar-refractivity contribution in [3.8, 4) is 11.3 Å². The quantitative estimate of drug-likeness (QED) is 0.607. The molecule has 1 heterocycles. The van der Waals surface area contributed by atoms with Crippen LogP contribution >= 0.6 is 22.9 Å². The first-order valence-corrected chi connectivity index (χ1v) is 10.7. The Hall–Kier alpha value is -2.26. The summed E-state index contributed by atoms with van der Waals surface area (Å²) >= 11 is 7.17. The lowest BCUT2D eigenvalue weighted by molar-refractivity contribution is -0.116. The van der Waals surface area contributed by atoms with E-state index in [1.54, 1.807) is 30.3 Å². The van der Waals surface area contributed by atoms with Crippen LogP contribution in [0.1, 0.15) is 6.42 Å². The second kappa shape index (κ2) is 8.62. The number of hydrogen-bond acceptors (Lipinski definition) is 5. The molecular formula is C18H16ClN3O3S2. The molecular weight excluding hydrogens is 406 g/mol. The predicted octanol–water partition coefficient (Wildman–Crippen LogP) is 3.77. The van der Waals surface area contributed by atoms with Crippen molar-refractivity contribution in [2.75, 3.05) is 11.9 Å². The van der Waals surface area contributed by atoms with E-state index in [0.29, 0.717) is 10.2 Å². The summed E-state index contributed by atoms with van der Waals surface area (Å²) in [7, 11) is -3.62. The normalized spacial score (nSPS) is 11.3. The average Bonchev–Trinajstić information content (AvgIpc) is 3.11. The molecule has 1 aromatic heterocycles. The summed E-state index contributed by atoms with van der Waals surface area (Å²) in [6, 6.07) is 15.2. The minimum atomic E-state index is -3.62. The number of benzene rings is 2. The van der Waals surface area contributed by atoms with E-state index in [1.807, 2.05) is 17.5 Å². The summed E-state index contributed by atoms with van der Waals surface area (Å²) in [5, 5.41) is 5.60. The van der Waals surface area contributed by atoms with Crippen molar-refractivity contribution >= 4 is 44.0 Å². The molecule has 0 atom stereocenters. The van der Waals surface area contributed by atoms with Gasteiger partial charge in [0, 0.05) is 28.9 Å². The van der Waals surface area contributed by atoms with Crippen molar-refractivity contribution in [3.05, 3.63) is 65.0 Å². The highest BCUT2D eigenvalue weighted by molar-refractivity contribution is 7.89. The van der Waals surface area contributed by atoms with E-state index in [9.17, 15) is 13.2 Å². The van der Waals surface area contributed by atoms with E-state index in [1.165, 1.54) is 23.5 Å². The van der Waals surface area contributed by atoms with Crippen LogP contribution in [-0.4, -0.2) is 25.9 Å². The van der Waals surface area contributed by atoms with Gasteiger partial charge in [0.1, 0.15) is 0 Å². The molecule has 0 aliphatic heterocycles. The number of carbonyl (C=O) groups is 1. The second-order valence-electron chi connectivity index (χ2n) is 5.55. The van der Waals surface area contributed by atoms with Gasteiger partial charge in [-0.1, -0.05) is 41.9 Å². The molecule has 0 bridgehead atoms. The summed E-state index contributed by atoms with van der Waals surface area (Å²) in [5.41, 5.74) is 1.63. The summed E-state index contributed by atoms with van der Waals surface area (Å²) < 4.78 is 26.6. The lowest BCUT2D eigenvalue weighted by atomic mass is 10.2. The van der Waals surface area contributed by atoms with Crippen LogP contribution in [0.5, 0.6) is 0 Å². The topological polar surface area (TPSA) is 88.2 Å². The number of thiazole rings is 1. The molecule has 2 aromatic carbocycles. The molecule has 0 fully saturated rings. The maximum atomic E-state index is 12.1. The summed E-state index contributed by atoms with van der Waals surface area (Å²) in [5.74, 6) is -0.317. The van der Waals surface area contributed by atoms with Crippen LogP contribution in [0.4, 0.5) is 5.13 Å². The van der Waals surface area contributed by atoms with Gasteiger partial charge in [0.15, 0.2) is 5.13 Å². The maximum Gasteiger partial charge on any atom is 0.240 e. The van der Waals surface area contributed by atoms with Crippen LogP contribution in [0.25, 0.3) is 11.3 Å². The monoisotopic (exact) mass is 421 g/mol. The number of nitrogens with zero attached hydrogens (tertiary/aromatic N) is 1. The van der Waals surface area contributed by atoms with E-state index >= 15 is 0 Å². The van der Waals surface area contributed by atoms with E-state index in [0.717, 1.165) is 11.3 Å². The zero-order valence-electron chi connectivity index (χ0n) is 14.1. The fourth-order valence-corrected chi connectivity index (χ4v) is 4.16. The highest BCUT2D eigenvalue weighted by atomic mass is 35.5. The largest absolute Gasteiger partial charge is 0.302 e. The molecule has 0 aliphatic rings. The van der Waals surface area contributed by atoms with Crippen molar-refractivity contribution in [3.63, 3.8) is 0 Å². The number of halogens is 1. The number of hydrogen-bond donors (Lipinski definition) is 2. The van der Waals surface area contributed by atoms with Gasteiger partial charge in [0.2, 0.25) is 15.9 Å². The molecule has 3 aromatic rings. The van der Waals surface area contributed by atoms with Gasteiger partial charge in [0.25, 0.3) is 0 Å². The lowest BCUT2D eigenvalue weighted by Crippen LogP contribution is -2.27. The number of carbonyl (C=O) groups excluding carboxylic acids is 1. The van der Waals surface area contributed by atoms with Crippen LogP contribution < -0.4 is 10.0 Å². The van der Waals surface area contributed by atoms with Gasteiger partial charge in [-0.3, -0.25) is 4.79 Å². The summed E-state index contributed by atoms with van der Waals surface area (Å²) in [6.45, 7) is -0.00151. The molecule has 0 unspecified atom stereocenters. The molecule has 0 spiro atoms. The van der Waals surface area contributed by atoms with Crippen LogP contribution in [0, 0.1) is 0 Å². The van der Waals surface area contributed by atoms with Crippen molar-refractivity contribution < 1.29 is 13.2 Å². The Bertz CT molecular complexity index is 1020. The highest BCUT2D eigenvalue weighted by Crippen LogP contribution is 2.26. The first kappa shape index (κ1) is 19.5. The second-order valence-corrected chi connectivity index (χ2v) is 8.62. The Labute approximate surface area is 166 Å². The number of sulfonamides is 1. The summed E-state index contributed by atoms with van der Waals surface area (Å²) in [6.07, 6.45) is 0.00191. The predicted molar refractivity (Wildman–Crippen MR) is 107 cm³/mol. The number of nitrogens with one attached hydrogen (secondary N) is 2. The Balaban J connectivity index is 1.52. The molecule has 1 amide bonds. The SMILES string of the molecule is O=C(CCNS(=O)(=O)c1ccccc1)Nc1nc(-c2ccc(Cl)cc2)cs1. The Kier molecular flexibility index (Phi) is 6.22. The molecule has 0 saturated carbocycles. The van der Waals surface area contributed by atoms with Gasteiger partial charge in [-0.05, 0) is 24.3 Å². The molecule has 27 heavy (non-hydrogen) atoms. The van der Waals surface area contributed by atoms with Crippen molar-refractivity contribution in [2.45, 2.75) is 11.3 Å². The van der Waals surface area contributed by atoms with Gasteiger partial charge < -0.3 is 5.32 Å². The number of aromatic nitrogens is 1. The minimum Gasteiger partial charge on any atom is -0.302 e. The van der Waals surface area contributed by atoms with E-state index in [-0.39, 0.29) is 23.8 Å². The van der Waals surface area contributed by atoms with E-state index < -0.39 is 10.0 Å². The first-order valence-electron chi connectivity index (χ1n) is 8.00. The number of rotatable bonds is 7. The van der Waals surface area contributed by atoms with Gasteiger partial charge in [0.05, 0.1) is 10.6 Å².